The number of nitrogens with zero attached hydrogens (tertiary/aromatic N) is 1. The van der Waals surface area contributed by atoms with Gasteiger partial charge in [-0.15, -0.1) is 0 Å². The lowest BCUT2D eigenvalue weighted by molar-refractivity contribution is -0.166. The molecule has 0 unspecified atom stereocenters. The summed E-state index contributed by atoms with van der Waals surface area (Å²) < 4.78 is 17.9. The molecule has 1 aliphatic heterocycles. The summed E-state index contributed by atoms with van der Waals surface area (Å²) in [5.41, 5.74) is 5.42. The van der Waals surface area contributed by atoms with Crippen molar-refractivity contribution in [2.45, 2.75) is 51.9 Å². The zero-order valence-electron chi connectivity index (χ0n) is 20.9. The van der Waals surface area contributed by atoms with Crippen molar-refractivity contribution in [1.82, 2.24) is 4.98 Å². The van der Waals surface area contributed by atoms with E-state index in [0.29, 0.717) is 17.8 Å². The average molecular weight is 511 g/mol. The topological polar surface area (TPSA) is 165 Å². The molecule has 0 radical (unpaired) electrons. The molecule has 0 aliphatic carbocycles. The van der Waals surface area contributed by atoms with Crippen LogP contribution in [0.3, 0.4) is 0 Å². The molecule has 0 spiro atoms. The van der Waals surface area contributed by atoms with Crippen molar-refractivity contribution < 1.29 is 34.0 Å². The van der Waals surface area contributed by atoms with E-state index in [1.807, 2.05) is 0 Å². The van der Waals surface area contributed by atoms with Gasteiger partial charge >= 0.3 is 5.97 Å². The van der Waals surface area contributed by atoms with Gasteiger partial charge in [0.15, 0.2) is 5.43 Å². The molecule has 1 aliphatic rings. The number of phenols is 1. The number of nitrogens with two attached hydrogens (primary N) is 1. The van der Waals surface area contributed by atoms with E-state index in [9.17, 15) is 24.9 Å². The van der Waals surface area contributed by atoms with Crippen LogP contribution >= 0.6 is 0 Å². The molecule has 0 bridgehead atoms. The van der Waals surface area contributed by atoms with Crippen molar-refractivity contribution in [3.8, 4) is 11.5 Å². The molecule has 1 aromatic carbocycles. The maximum Gasteiger partial charge on any atom is 0.333 e. The summed E-state index contributed by atoms with van der Waals surface area (Å²) in [6, 6.07) is 6.02. The number of carbonyl (C=O) groups excluding carboxylic acids is 1. The monoisotopic (exact) mass is 510 g/mol. The van der Waals surface area contributed by atoms with Gasteiger partial charge in [0.2, 0.25) is 0 Å². The number of hydrogen-bond donors (Lipinski definition) is 4. The predicted molar refractivity (Wildman–Crippen MR) is 135 cm³/mol. The van der Waals surface area contributed by atoms with Gasteiger partial charge in [-0.25, -0.2) is 9.78 Å². The van der Waals surface area contributed by atoms with Crippen LogP contribution in [0.25, 0.3) is 11.0 Å². The minimum Gasteiger partial charge on any atom is -0.507 e. The fourth-order valence-corrected chi connectivity index (χ4v) is 4.56. The van der Waals surface area contributed by atoms with Crippen LogP contribution in [-0.4, -0.2) is 44.6 Å². The summed E-state index contributed by atoms with van der Waals surface area (Å²) in [6.45, 7) is 4.26. The number of anilines is 1. The molecule has 0 fully saturated rings. The lowest BCUT2D eigenvalue weighted by Crippen LogP contribution is -2.57. The van der Waals surface area contributed by atoms with E-state index in [0.717, 1.165) is 11.6 Å². The Labute approximate surface area is 213 Å². The zero-order chi connectivity index (χ0) is 26.9. The molecule has 196 valence electrons. The van der Waals surface area contributed by atoms with Crippen LogP contribution in [0.1, 0.15) is 37.7 Å². The smallest absolute Gasteiger partial charge is 0.333 e. The highest BCUT2D eigenvalue weighted by molar-refractivity contribution is 5.88. The highest BCUT2D eigenvalue weighted by Crippen LogP contribution is 2.46. The molecule has 37 heavy (non-hydrogen) atoms. The molecule has 3 atom stereocenters. The van der Waals surface area contributed by atoms with Crippen LogP contribution in [-0.2, 0) is 29.0 Å². The Hall–Kier alpha value is -3.89. The second-order valence-corrected chi connectivity index (χ2v) is 9.34. The summed E-state index contributed by atoms with van der Waals surface area (Å²) >= 11 is 0. The lowest BCUT2D eigenvalue weighted by atomic mass is 9.76. The molecular weight excluding hydrogens is 480 g/mol. The number of hydrogen-bond acceptors (Lipinski definition) is 10. The number of rotatable bonds is 7. The van der Waals surface area contributed by atoms with Crippen LogP contribution in [0.4, 0.5) is 5.82 Å². The molecule has 3 aromatic rings. The van der Waals surface area contributed by atoms with E-state index in [4.69, 9.17) is 19.6 Å². The minimum atomic E-state index is -1.25. The predicted octanol–water partition coefficient (Wildman–Crippen LogP) is 2.39. The average Bonchev–Trinajstić information content (AvgIpc) is 2.88. The number of nitrogen functional groups attached to an aromatic ring is 1. The number of ether oxygens (including phenoxy) is 2. The Kier molecular flexibility index (Phi) is 7.24. The molecule has 4 rings (SSSR count). The summed E-state index contributed by atoms with van der Waals surface area (Å²) in [4.78, 5) is 29.5. The number of aromatic hydroxyl groups is 1. The first-order valence-electron chi connectivity index (χ1n) is 11.9. The number of esters is 1. The number of aliphatic hydroxyl groups excluding tert-OH is 2. The number of aromatic nitrogens is 1. The molecular formula is C27H30N2O8. The standard InChI is InChI=1S/C27H30N2O8/c1-4-14(2)26(34)36-22-9-18-20(10-21-24(25(18)33)19(32)8-17(13-31)35-21)37-27(22,3)16(12-30)7-15-5-6-23(28)29-11-15/h4-6,8,10-11,16,22,30-31,33H,7,9,12-13H2,1-3H3,(H2,28,29)/b14-4-/t16-,22+,27-/m0/s1. The van der Waals surface area contributed by atoms with Crippen molar-refractivity contribution in [3.05, 3.63) is 69.2 Å². The Morgan fingerprint density at radius 3 is 2.73 bits per heavy atom. The van der Waals surface area contributed by atoms with Gasteiger partial charge in [-0.1, -0.05) is 12.1 Å². The molecule has 10 heteroatoms. The first kappa shape index (κ1) is 26.2. The van der Waals surface area contributed by atoms with Crippen molar-refractivity contribution in [2.75, 3.05) is 12.3 Å². The van der Waals surface area contributed by atoms with E-state index in [2.05, 4.69) is 4.98 Å². The number of fused-ring (bicyclic) bond motifs is 2. The first-order valence-corrected chi connectivity index (χ1v) is 11.9. The third-order valence-electron chi connectivity index (χ3n) is 6.99. The number of carbonyl (C=O) groups is 1. The van der Waals surface area contributed by atoms with Gasteiger partial charge < -0.3 is 34.9 Å². The van der Waals surface area contributed by atoms with E-state index in [1.165, 1.54) is 6.07 Å². The third kappa shape index (κ3) is 4.90. The maximum atomic E-state index is 12.8. The van der Waals surface area contributed by atoms with Gasteiger partial charge in [0.1, 0.15) is 52.4 Å². The van der Waals surface area contributed by atoms with Crippen LogP contribution in [0.2, 0.25) is 0 Å². The van der Waals surface area contributed by atoms with Crippen LogP contribution < -0.4 is 15.9 Å². The Bertz CT molecular complexity index is 1410. The van der Waals surface area contributed by atoms with Gasteiger partial charge in [0, 0.05) is 41.8 Å². The number of phenolic OH excluding ortho intramolecular Hbond substituents is 1. The van der Waals surface area contributed by atoms with Crippen molar-refractivity contribution in [3.63, 3.8) is 0 Å². The van der Waals surface area contributed by atoms with E-state index in [-0.39, 0.29) is 46.8 Å². The lowest BCUT2D eigenvalue weighted by Gasteiger charge is -2.46. The van der Waals surface area contributed by atoms with Crippen molar-refractivity contribution in [1.29, 1.82) is 0 Å². The van der Waals surface area contributed by atoms with Crippen molar-refractivity contribution in [2.24, 2.45) is 5.92 Å². The molecule has 10 nitrogen and oxygen atoms in total. The van der Waals surface area contributed by atoms with Gasteiger partial charge in [0.05, 0.1) is 6.61 Å². The minimum absolute atomic E-state index is 0.0218. The first-order chi connectivity index (χ1) is 17.6. The van der Waals surface area contributed by atoms with Gasteiger partial charge in [0.25, 0.3) is 0 Å². The molecule has 3 heterocycles. The number of pyridine rings is 1. The van der Waals surface area contributed by atoms with Crippen LogP contribution in [0, 0.1) is 5.92 Å². The van der Waals surface area contributed by atoms with Crippen LogP contribution in [0.15, 0.2) is 51.3 Å². The number of benzene rings is 1. The summed E-state index contributed by atoms with van der Waals surface area (Å²) in [6.07, 6.45) is 2.65. The fraction of sp³-hybridized carbons (Fsp3) is 0.370. The van der Waals surface area contributed by atoms with E-state index < -0.39 is 35.6 Å². The summed E-state index contributed by atoms with van der Waals surface area (Å²) in [7, 11) is 0. The highest BCUT2D eigenvalue weighted by Gasteiger charge is 2.50. The Balaban J connectivity index is 1.83. The van der Waals surface area contributed by atoms with Gasteiger partial charge in [-0.2, -0.15) is 0 Å². The number of aliphatic hydroxyl groups is 2. The molecule has 0 saturated heterocycles. The highest BCUT2D eigenvalue weighted by atomic mass is 16.6. The normalized spacial score (nSPS) is 20.2. The van der Waals surface area contributed by atoms with E-state index >= 15 is 0 Å². The third-order valence-corrected chi connectivity index (χ3v) is 6.99. The van der Waals surface area contributed by atoms with Crippen LogP contribution in [0.5, 0.6) is 11.5 Å². The molecule has 5 N–H and O–H groups in total. The van der Waals surface area contributed by atoms with Gasteiger partial charge in [-0.05, 0) is 38.8 Å². The van der Waals surface area contributed by atoms with Gasteiger partial charge in [-0.3, -0.25) is 4.79 Å². The van der Waals surface area contributed by atoms with E-state index in [1.54, 1.807) is 45.2 Å². The largest absolute Gasteiger partial charge is 0.507 e. The second kappa shape index (κ2) is 10.2. The Morgan fingerprint density at radius 1 is 1.35 bits per heavy atom. The zero-order valence-corrected chi connectivity index (χ0v) is 20.9. The maximum absolute atomic E-state index is 12.8. The SMILES string of the molecule is C/C=C(/C)C(=O)O[C@@H]1Cc2c(cc3oc(CO)cc(=O)c3c2O)O[C@@]1(C)[C@H](CO)Cc1ccc(N)nc1. The molecule has 0 amide bonds. The molecule has 2 aromatic heterocycles. The second-order valence-electron chi connectivity index (χ2n) is 9.34. The molecule has 0 saturated carbocycles. The Morgan fingerprint density at radius 2 is 2.11 bits per heavy atom. The number of allylic oxidation sites excluding steroid dienone is 1. The summed E-state index contributed by atoms with van der Waals surface area (Å²) in [5.74, 6) is -0.867. The van der Waals surface area contributed by atoms with Crippen molar-refractivity contribution >= 4 is 22.8 Å². The quantitative estimate of drug-likeness (QED) is 0.274. The summed E-state index contributed by atoms with van der Waals surface area (Å²) in [5, 5.41) is 30.9. The fourth-order valence-electron chi connectivity index (χ4n) is 4.56.